The van der Waals surface area contributed by atoms with Gasteiger partial charge in [0.1, 0.15) is 5.75 Å². The zero-order chi connectivity index (χ0) is 13.0. The molecule has 0 amide bonds. The van der Waals surface area contributed by atoms with Gasteiger partial charge in [-0.15, -0.1) is 0 Å². The molecule has 2 nitrogen and oxygen atoms in total. The van der Waals surface area contributed by atoms with Gasteiger partial charge in [0.05, 0.1) is 6.61 Å². The maximum Gasteiger partial charge on any atom is 0.125 e. The lowest BCUT2D eigenvalue weighted by Crippen LogP contribution is -2.12. The van der Waals surface area contributed by atoms with Crippen LogP contribution in [0.25, 0.3) is 0 Å². The Labute approximate surface area is 111 Å². The fourth-order valence-electron chi connectivity index (χ4n) is 2.37. The van der Waals surface area contributed by atoms with Crippen LogP contribution in [0.2, 0.25) is 0 Å². The molecule has 0 spiro atoms. The average molecular weight is 247 g/mol. The molecule has 0 heterocycles. The Bertz CT molecular complexity index is 373. The minimum atomic E-state index is 0.874. The van der Waals surface area contributed by atoms with Crippen molar-refractivity contribution in [2.45, 2.75) is 46.6 Å². The van der Waals surface area contributed by atoms with Crippen molar-refractivity contribution in [2.24, 2.45) is 5.92 Å². The molecule has 1 aliphatic rings. The van der Waals surface area contributed by atoms with Crippen molar-refractivity contribution < 1.29 is 4.74 Å². The molecule has 0 radical (unpaired) electrons. The summed E-state index contributed by atoms with van der Waals surface area (Å²) in [6, 6.07) is 4.48. The zero-order valence-electron chi connectivity index (χ0n) is 11.9. The molecule has 1 aromatic carbocycles. The van der Waals surface area contributed by atoms with Crippen LogP contribution in [0.5, 0.6) is 5.75 Å². The van der Waals surface area contributed by atoms with E-state index in [9.17, 15) is 0 Å². The van der Waals surface area contributed by atoms with Crippen molar-refractivity contribution in [1.29, 1.82) is 0 Å². The molecule has 2 heteroatoms. The fourth-order valence-corrected chi connectivity index (χ4v) is 2.37. The number of rotatable bonds is 7. The number of aryl methyl sites for hydroxylation is 2. The SMILES string of the molecule is CCNCc1cc(C)c(OCCC2CC2)c(C)c1. The molecule has 100 valence electrons. The number of benzene rings is 1. The maximum atomic E-state index is 5.96. The molecule has 1 aromatic rings. The van der Waals surface area contributed by atoms with E-state index in [2.05, 4.69) is 38.2 Å². The molecule has 0 bridgehead atoms. The van der Waals surface area contributed by atoms with Gasteiger partial charge >= 0.3 is 0 Å². The van der Waals surface area contributed by atoms with Crippen LogP contribution >= 0.6 is 0 Å². The number of hydrogen-bond acceptors (Lipinski definition) is 2. The Morgan fingerprint density at radius 3 is 2.44 bits per heavy atom. The van der Waals surface area contributed by atoms with Crippen LogP contribution in [0, 0.1) is 19.8 Å². The molecule has 1 saturated carbocycles. The first-order chi connectivity index (χ1) is 8.70. The summed E-state index contributed by atoms with van der Waals surface area (Å²) in [5.41, 5.74) is 3.87. The highest BCUT2D eigenvalue weighted by atomic mass is 16.5. The summed E-state index contributed by atoms with van der Waals surface area (Å²) in [4.78, 5) is 0. The predicted octanol–water partition coefficient (Wildman–Crippen LogP) is 3.59. The van der Waals surface area contributed by atoms with Crippen LogP contribution in [-0.2, 0) is 6.54 Å². The summed E-state index contributed by atoms with van der Waals surface area (Å²) >= 11 is 0. The molecule has 0 saturated heterocycles. The van der Waals surface area contributed by atoms with Crippen LogP contribution in [0.3, 0.4) is 0 Å². The van der Waals surface area contributed by atoms with Gasteiger partial charge in [0.25, 0.3) is 0 Å². The molecule has 1 fully saturated rings. The van der Waals surface area contributed by atoms with Crippen LogP contribution in [0.15, 0.2) is 12.1 Å². The van der Waals surface area contributed by atoms with Crippen LogP contribution < -0.4 is 10.1 Å². The molecule has 0 atom stereocenters. The molecule has 1 N–H and O–H groups in total. The van der Waals surface area contributed by atoms with Crippen LogP contribution in [0.4, 0.5) is 0 Å². The second kappa shape index (κ2) is 6.24. The first-order valence-electron chi connectivity index (χ1n) is 7.14. The first-order valence-corrected chi connectivity index (χ1v) is 7.14. The quantitative estimate of drug-likeness (QED) is 0.795. The highest BCUT2D eigenvalue weighted by Gasteiger charge is 2.21. The van der Waals surface area contributed by atoms with Crippen molar-refractivity contribution in [3.63, 3.8) is 0 Å². The van der Waals surface area contributed by atoms with E-state index in [-0.39, 0.29) is 0 Å². The van der Waals surface area contributed by atoms with Gasteiger partial charge in [0.15, 0.2) is 0 Å². The summed E-state index contributed by atoms with van der Waals surface area (Å²) in [5, 5.41) is 3.36. The number of nitrogens with one attached hydrogen (secondary N) is 1. The third-order valence-corrected chi connectivity index (χ3v) is 3.57. The van der Waals surface area contributed by atoms with Gasteiger partial charge in [-0.05, 0) is 49.4 Å². The molecule has 0 aromatic heterocycles. The van der Waals surface area contributed by atoms with E-state index < -0.39 is 0 Å². The largest absolute Gasteiger partial charge is 0.493 e. The van der Waals surface area contributed by atoms with Crippen molar-refractivity contribution in [1.82, 2.24) is 5.32 Å². The van der Waals surface area contributed by atoms with Crippen molar-refractivity contribution in [3.05, 3.63) is 28.8 Å². The second-order valence-electron chi connectivity index (χ2n) is 5.42. The maximum absolute atomic E-state index is 5.96. The van der Waals surface area contributed by atoms with Crippen molar-refractivity contribution >= 4 is 0 Å². The summed E-state index contributed by atoms with van der Waals surface area (Å²) in [5.74, 6) is 2.04. The van der Waals surface area contributed by atoms with Gasteiger partial charge in [-0.2, -0.15) is 0 Å². The summed E-state index contributed by atoms with van der Waals surface area (Å²) in [6.45, 7) is 9.26. The molecule has 1 aliphatic carbocycles. The lowest BCUT2D eigenvalue weighted by Gasteiger charge is -2.14. The third-order valence-electron chi connectivity index (χ3n) is 3.57. The van der Waals surface area contributed by atoms with Gasteiger partial charge in [0, 0.05) is 6.54 Å². The van der Waals surface area contributed by atoms with Gasteiger partial charge in [-0.3, -0.25) is 0 Å². The zero-order valence-corrected chi connectivity index (χ0v) is 11.9. The summed E-state index contributed by atoms with van der Waals surface area (Å²) < 4.78 is 5.96. The van der Waals surface area contributed by atoms with Crippen LogP contribution in [0.1, 0.15) is 42.9 Å². The summed E-state index contributed by atoms with van der Waals surface area (Å²) in [7, 11) is 0. The standard InChI is InChI=1S/C16H25NO/c1-4-17-11-15-9-12(2)16(13(3)10-15)18-8-7-14-5-6-14/h9-10,14,17H,4-8,11H2,1-3H3. The Hall–Kier alpha value is -1.02. The Balaban J connectivity index is 1.95. The van der Waals surface area contributed by atoms with E-state index in [1.807, 2.05) is 0 Å². The minimum Gasteiger partial charge on any atom is -0.493 e. The Morgan fingerprint density at radius 1 is 1.22 bits per heavy atom. The van der Waals surface area contributed by atoms with E-state index >= 15 is 0 Å². The second-order valence-corrected chi connectivity index (χ2v) is 5.42. The number of hydrogen-bond donors (Lipinski definition) is 1. The normalized spacial score (nSPS) is 14.8. The highest BCUT2D eigenvalue weighted by molar-refractivity contribution is 5.43. The molecular weight excluding hydrogens is 222 g/mol. The summed E-state index contributed by atoms with van der Waals surface area (Å²) in [6.07, 6.45) is 4.03. The molecule has 0 aliphatic heterocycles. The predicted molar refractivity (Wildman–Crippen MR) is 76.1 cm³/mol. The van der Waals surface area contributed by atoms with E-state index in [4.69, 9.17) is 4.74 Å². The van der Waals surface area contributed by atoms with Gasteiger partial charge in [0.2, 0.25) is 0 Å². The molecular formula is C16H25NO. The fraction of sp³-hybridized carbons (Fsp3) is 0.625. The van der Waals surface area contributed by atoms with E-state index in [0.29, 0.717) is 0 Å². The smallest absolute Gasteiger partial charge is 0.125 e. The van der Waals surface area contributed by atoms with Gasteiger partial charge < -0.3 is 10.1 Å². The van der Waals surface area contributed by atoms with E-state index in [1.165, 1.54) is 36.0 Å². The molecule has 2 rings (SSSR count). The van der Waals surface area contributed by atoms with Crippen LogP contribution in [-0.4, -0.2) is 13.2 Å². The molecule has 18 heavy (non-hydrogen) atoms. The van der Waals surface area contributed by atoms with E-state index in [0.717, 1.165) is 31.4 Å². The highest BCUT2D eigenvalue weighted by Crippen LogP contribution is 2.33. The first kappa shape index (κ1) is 13.4. The van der Waals surface area contributed by atoms with Gasteiger partial charge in [-0.25, -0.2) is 0 Å². The van der Waals surface area contributed by atoms with Crippen molar-refractivity contribution in [3.8, 4) is 5.75 Å². The topological polar surface area (TPSA) is 21.3 Å². The van der Waals surface area contributed by atoms with Gasteiger partial charge in [-0.1, -0.05) is 31.9 Å². The minimum absolute atomic E-state index is 0.874. The van der Waals surface area contributed by atoms with Crippen molar-refractivity contribution in [2.75, 3.05) is 13.2 Å². The number of ether oxygens (including phenoxy) is 1. The monoisotopic (exact) mass is 247 g/mol. The Kier molecular flexibility index (Phi) is 4.65. The molecule has 0 unspecified atom stereocenters. The third kappa shape index (κ3) is 3.74. The lowest BCUT2D eigenvalue weighted by molar-refractivity contribution is 0.298. The lowest BCUT2D eigenvalue weighted by atomic mass is 10.1. The van der Waals surface area contributed by atoms with E-state index in [1.54, 1.807) is 0 Å². The average Bonchev–Trinajstić information content (AvgIpc) is 3.14. The Morgan fingerprint density at radius 2 is 1.89 bits per heavy atom.